The van der Waals surface area contributed by atoms with Gasteiger partial charge in [0.25, 0.3) is 0 Å². The lowest BCUT2D eigenvalue weighted by atomic mass is 9.98. The first-order chi connectivity index (χ1) is 10.9. The second-order valence-electron chi connectivity index (χ2n) is 5.79. The third kappa shape index (κ3) is 6.11. The largest absolute Gasteiger partial charge is 0.497 e. The fraction of sp³-hybridized carbons (Fsp3) is 0.333. The van der Waals surface area contributed by atoms with Crippen LogP contribution in [0.1, 0.15) is 44.4 Å². The topological polar surface area (TPSA) is 9.23 Å². The highest BCUT2D eigenvalue weighted by atomic mass is 35.5. The maximum absolute atomic E-state index is 5.67. The number of hydrogen-bond donors (Lipinski definition) is 0. The second-order valence-corrected chi connectivity index (χ2v) is 6.22. The Hall–Kier alpha value is -1.73. The Kier molecular flexibility index (Phi) is 7.91. The summed E-state index contributed by atoms with van der Waals surface area (Å²) in [5.41, 5.74) is 6.59. The molecule has 0 aliphatic heterocycles. The van der Waals surface area contributed by atoms with Crippen molar-refractivity contribution in [3.05, 3.63) is 69.8 Å². The third-order valence-electron chi connectivity index (χ3n) is 3.92. The summed E-state index contributed by atoms with van der Waals surface area (Å²) >= 11 is 5.67. The number of benzene rings is 2. The molecule has 0 aliphatic rings. The molecule has 2 aromatic rings. The molecule has 0 bridgehead atoms. The number of ether oxygens (including phenoxy) is 1. The van der Waals surface area contributed by atoms with Crippen LogP contribution in [0.2, 0.25) is 5.02 Å². The average Bonchev–Trinajstić information content (AvgIpc) is 2.56. The molecule has 0 N–H and O–H groups in total. The zero-order chi connectivity index (χ0) is 17.4. The zero-order valence-electron chi connectivity index (χ0n) is 15.0. The molecule has 0 radical (unpaired) electrons. The van der Waals surface area contributed by atoms with Gasteiger partial charge in [0, 0.05) is 5.02 Å². The number of aryl methyl sites for hydroxylation is 2. The van der Waals surface area contributed by atoms with E-state index in [1.54, 1.807) is 7.11 Å². The van der Waals surface area contributed by atoms with E-state index in [1.165, 1.54) is 27.8 Å². The van der Waals surface area contributed by atoms with Gasteiger partial charge in [-0.2, -0.15) is 0 Å². The maximum atomic E-state index is 5.67. The fourth-order valence-electron chi connectivity index (χ4n) is 2.12. The molecule has 23 heavy (non-hydrogen) atoms. The van der Waals surface area contributed by atoms with Crippen molar-refractivity contribution in [1.29, 1.82) is 0 Å². The highest BCUT2D eigenvalue weighted by Crippen LogP contribution is 2.25. The van der Waals surface area contributed by atoms with E-state index in [1.807, 2.05) is 30.3 Å². The molecule has 0 unspecified atom stereocenters. The maximum Gasteiger partial charge on any atom is 0.119 e. The van der Waals surface area contributed by atoms with Crippen LogP contribution < -0.4 is 4.74 Å². The van der Waals surface area contributed by atoms with Gasteiger partial charge < -0.3 is 4.74 Å². The first kappa shape index (κ1) is 19.3. The van der Waals surface area contributed by atoms with Crippen LogP contribution in [0.15, 0.2) is 48.0 Å². The molecule has 0 fully saturated rings. The van der Waals surface area contributed by atoms with E-state index in [2.05, 4.69) is 46.8 Å². The van der Waals surface area contributed by atoms with Crippen LogP contribution in [-0.4, -0.2) is 7.11 Å². The van der Waals surface area contributed by atoms with E-state index in [4.69, 9.17) is 16.3 Å². The van der Waals surface area contributed by atoms with Gasteiger partial charge in [-0.25, -0.2) is 0 Å². The van der Waals surface area contributed by atoms with Crippen molar-refractivity contribution in [2.24, 2.45) is 0 Å². The van der Waals surface area contributed by atoms with Crippen molar-refractivity contribution >= 4 is 17.2 Å². The van der Waals surface area contributed by atoms with Crippen molar-refractivity contribution < 1.29 is 4.74 Å². The Labute approximate surface area is 146 Å². The molecule has 0 saturated heterocycles. The van der Waals surface area contributed by atoms with E-state index in [0.29, 0.717) is 0 Å². The minimum Gasteiger partial charge on any atom is -0.497 e. The summed E-state index contributed by atoms with van der Waals surface area (Å²) in [5, 5.41) is 0.812. The molecule has 1 nitrogen and oxygen atoms in total. The van der Waals surface area contributed by atoms with Gasteiger partial charge in [0.15, 0.2) is 0 Å². The number of methoxy groups -OCH3 is 1. The van der Waals surface area contributed by atoms with E-state index in [-0.39, 0.29) is 0 Å². The van der Waals surface area contributed by atoms with Gasteiger partial charge in [0.2, 0.25) is 0 Å². The molecular formula is C21H27ClO. The molecule has 2 heteroatoms. The smallest absolute Gasteiger partial charge is 0.119 e. The van der Waals surface area contributed by atoms with Crippen LogP contribution in [0.4, 0.5) is 0 Å². The first-order valence-electron chi connectivity index (χ1n) is 7.92. The van der Waals surface area contributed by atoms with E-state index >= 15 is 0 Å². The lowest BCUT2D eigenvalue weighted by Gasteiger charge is -2.10. The van der Waals surface area contributed by atoms with Crippen LogP contribution in [0.25, 0.3) is 5.57 Å². The molecule has 0 aromatic heterocycles. The van der Waals surface area contributed by atoms with E-state index < -0.39 is 0 Å². The molecule has 0 spiro atoms. The molecule has 0 aliphatic carbocycles. The van der Waals surface area contributed by atoms with Gasteiger partial charge in [-0.3, -0.25) is 0 Å². The molecule has 0 atom stereocenters. The second kappa shape index (κ2) is 9.42. The lowest BCUT2D eigenvalue weighted by Crippen LogP contribution is -1.90. The SMILES string of the molecule is CCc1ccc(Cl)cc1.COc1ccc(C)c(C(C)=C(C)C)c1. The minimum atomic E-state index is 0.812. The van der Waals surface area contributed by atoms with Crippen LogP contribution in [0, 0.1) is 6.92 Å². The summed E-state index contributed by atoms with van der Waals surface area (Å²) in [4.78, 5) is 0. The summed E-state index contributed by atoms with van der Waals surface area (Å²) in [6.45, 7) is 10.7. The van der Waals surface area contributed by atoms with E-state index in [9.17, 15) is 0 Å². The molecule has 124 valence electrons. The third-order valence-corrected chi connectivity index (χ3v) is 4.17. The Balaban J connectivity index is 0.000000253. The summed E-state index contributed by atoms with van der Waals surface area (Å²) in [6, 6.07) is 14.1. The van der Waals surface area contributed by atoms with Gasteiger partial charge in [-0.1, -0.05) is 42.3 Å². The Morgan fingerprint density at radius 1 is 1.00 bits per heavy atom. The zero-order valence-corrected chi connectivity index (χ0v) is 15.8. The molecule has 2 rings (SSSR count). The Bertz CT molecular complexity index is 650. The molecule has 0 saturated carbocycles. The minimum absolute atomic E-state index is 0.812. The Morgan fingerprint density at radius 2 is 1.61 bits per heavy atom. The number of rotatable bonds is 3. The van der Waals surface area contributed by atoms with Gasteiger partial charge in [-0.05, 0) is 80.6 Å². The number of halogens is 1. The monoisotopic (exact) mass is 330 g/mol. The average molecular weight is 331 g/mol. The predicted octanol–water partition coefficient (Wildman–Crippen LogP) is 6.72. The summed E-state index contributed by atoms with van der Waals surface area (Å²) in [5.74, 6) is 0.922. The van der Waals surface area contributed by atoms with Crippen LogP contribution in [0.5, 0.6) is 5.75 Å². The van der Waals surface area contributed by atoms with Gasteiger partial charge >= 0.3 is 0 Å². The van der Waals surface area contributed by atoms with Gasteiger partial charge in [0.05, 0.1) is 7.11 Å². The van der Waals surface area contributed by atoms with Crippen molar-refractivity contribution in [2.75, 3.05) is 7.11 Å². The Morgan fingerprint density at radius 3 is 2.09 bits per heavy atom. The predicted molar refractivity (Wildman–Crippen MR) is 103 cm³/mol. The molecular weight excluding hydrogens is 304 g/mol. The highest BCUT2D eigenvalue weighted by Gasteiger charge is 2.03. The highest BCUT2D eigenvalue weighted by molar-refractivity contribution is 6.30. The van der Waals surface area contributed by atoms with Gasteiger partial charge in [0.1, 0.15) is 5.75 Å². The van der Waals surface area contributed by atoms with Crippen LogP contribution >= 0.6 is 11.6 Å². The van der Waals surface area contributed by atoms with Crippen molar-refractivity contribution in [3.63, 3.8) is 0 Å². The van der Waals surface area contributed by atoms with Crippen molar-refractivity contribution in [2.45, 2.75) is 41.0 Å². The van der Waals surface area contributed by atoms with Crippen LogP contribution in [0.3, 0.4) is 0 Å². The van der Waals surface area contributed by atoms with Crippen molar-refractivity contribution in [3.8, 4) is 5.75 Å². The van der Waals surface area contributed by atoms with E-state index in [0.717, 1.165) is 17.2 Å². The number of allylic oxidation sites excluding steroid dienone is 2. The lowest BCUT2D eigenvalue weighted by molar-refractivity contribution is 0.414. The molecule has 0 amide bonds. The quantitative estimate of drug-likeness (QED) is 0.607. The normalized spacial score (nSPS) is 9.70. The summed E-state index contributed by atoms with van der Waals surface area (Å²) in [6.07, 6.45) is 1.08. The summed E-state index contributed by atoms with van der Waals surface area (Å²) in [7, 11) is 1.70. The fourth-order valence-corrected chi connectivity index (χ4v) is 2.25. The van der Waals surface area contributed by atoms with Crippen molar-refractivity contribution in [1.82, 2.24) is 0 Å². The summed E-state index contributed by atoms with van der Waals surface area (Å²) < 4.78 is 5.22. The van der Waals surface area contributed by atoms with Crippen LogP contribution in [-0.2, 0) is 6.42 Å². The number of hydrogen-bond acceptors (Lipinski definition) is 1. The van der Waals surface area contributed by atoms with Gasteiger partial charge in [-0.15, -0.1) is 0 Å². The first-order valence-corrected chi connectivity index (χ1v) is 8.30. The molecule has 0 heterocycles. The standard InChI is InChI=1S/C13H18O.C8H9Cl/c1-9(2)11(4)13-8-12(14-5)7-6-10(13)3;1-2-7-3-5-8(9)6-4-7/h6-8H,1-5H3;3-6H,2H2,1H3. The molecule has 2 aromatic carbocycles.